The number of allylic oxidation sites excluding steroid dienone is 7. The summed E-state index contributed by atoms with van der Waals surface area (Å²) in [5.74, 6) is 7.97. The molecule has 0 bridgehead atoms. The Balaban J connectivity index is 0.000000317. The molecule has 0 radical (unpaired) electrons. The standard InChI is InChI=1S/C32H49NO3S2.C32H48O2S.CH4/c1-10-23-21-31(8)25(29(5,6)27(23)35)13-15-30(7,26(31)14-20-34)24-11-16-32(17-12-24,19-18-28(2,3)4)22-36-33-38-37-9;1-10-23-21-31(9)25(29(6,7)27(23)34)13-15-30(8,26(31)14-20-35)24-11-16-32(17-12-24,22(2)33)19-18-28(3,4)5;/h1,14,20-21,24-25,33H,11-13,15-19,22H2,2-9H3;1,14,21,24-25,35H,11-13,15-20H2,2-9H3;1H4/b2*26-14+;. The summed E-state index contributed by atoms with van der Waals surface area (Å²) in [5, 5.41) is 0. The zero-order chi connectivity index (χ0) is 54.9. The third-order valence-corrected chi connectivity index (χ3v) is 22.0. The van der Waals surface area contributed by atoms with Gasteiger partial charge >= 0.3 is 0 Å². The van der Waals surface area contributed by atoms with Crippen LogP contribution in [0.1, 0.15) is 214 Å². The molecule has 6 nitrogen and oxygen atoms in total. The lowest BCUT2D eigenvalue weighted by molar-refractivity contribution is -0.132. The Bertz CT molecular complexity index is 2270. The molecule has 0 saturated heterocycles. The van der Waals surface area contributed by atoms with Crippen LogP contribution in [0.2, 0.25) is 0 Å². The van der Waals surface area contributed by atoms with Gasteiger partial charge in [-0.1, -0.05) is 156 Å². The van der Waals surface area contributed by atoms with Gasteiger partial charge < -0.3 is 0 Å². The third kappa shape index (κ3) is 12.8. The summed E-state index contributed by atoms with van der Waals surface area (Å²) in [6.07, 6.45) is 40.0. The maximum atomic E-state index is 13.2. The molecule has 6 unspecified atom stereocenters. The number of carbonyl (C=O) groups is 4. The van der Waals surface area contributed by atoms with E-state index < -0.39 is 16.2 Å². The molecular weight excluding hydrogens is 971 g/mol. The van der Waals surface area contributed by atoms with Gasteiger partial charge in [0, 0.05) is 43.8 Å². The van der Waals surface area contributed by atoms with Crippen LogP contribution >= 0.6 is 34.4 Å². The van der Waals surface area contributed by atoms with Crippen molar-refractivity contribution >= 4 is 58.0 Å². The van der Waals surface area contributed by atoms with E-state index in [2.05, 4.69) is 125 Å². The quantitative estimate of drug-likeness (QED) is 0.0205. The van der Waals surface area contributed by atoms with E-state index in [9.17, 15) is 19.2 Å². The summed E-state index contributed by atoms with van der Waals surface area (Å²) in [7, 11) is 3.17. The van der Waals surface area contributed by atoms with Crippen molar-refractivity contribution in [3.63, 3.8) is 0 Å². The summed E-state index contributed by atoms with van der Waals surface area (Å²) in [4.78, 5) is 60.4. The number of carbonyl (C=O) groups excluding carboxylic acids is 4. The van der Waals surface area contributed by atoms with Gasteiger partial charge in [0.15, 0.2) is 11.6 Å². The molecule has 1 N–H and O–H groups in total. The first-order valence-corrected chi connectivity index (χ1v) is 31.0. The highest BCUT2D eigenvalue weighted by atomic mass is 33.1. The van der Waals surface area contributed by atoms with E-state index >= 15 is 0 Å². The van der Waals surface area contributed by atoms with Crippen LogP contribution in [0.15, 0.2) is 46.6 Å². The number of hydrogen-bond donors (Lipinski definition) is 2. The van der Waals surface area contributed by atoms with Crippen molar-refractivity contribution in [2.24, 2.45) is 77.8 Å². The molecule has 6 aliphatic carbocycles. The highest BCUT2D eigenvalue weighted by Gasteiger charge is 2.61. The summed E-state index contributed by atoms with van der Waals surface area (Å²) >= 11 is 4.63. The largest absolute Gasteiger partial charge is 0.299 e. The third-order valence-electron chi connectivity index (χ3n) is 20.7. The van der Waals surface area contributed by atoms with Crippen LogP contribution in [-0.4, -0.2) is 42.3 Å². The molecule has 0 aromatic rings. The Morgan fingerprint density at radius 3 is 1.57 bits per heavy atom. The van der Waals surface area contributed by atoms with Gasteiger partial charge in [-0.3, -0.25) is 24.0 Å². The molecule has 6 rings (SSSR count). The average molecular weight is 1070 g/mol. The molecule has 0 aromatic carbocycles. The maximum Gasteiger partial charge on any atom is 0.176 e. The Morgan fingerprint density at radius 2 is 1.16 bits per heavy atom. The number of Topliss-reactive ketones (excluding diaryl/α,β-unsaturated/α-hetero) is 3. The fraction of sp³-hybridized carbons (Fsp3) is 0.754. The lowest BCUT2D eigenvalue weighted by atomic mass is 9.43. The average Bonchev–Trinajstić information content (AvgIpc) is 3.31. The van der Waals surface area contributed by atoms with Crippen LogP contribution in [0.4, 0.5) is 0 Å². The SMILES string of the molecule is C.C#CC1=CC2(C)/C(=C/C=O)C(C)(C3CCC(CCC(C)(C)C)(CONSSC)CC3)CCC2C(C)(C)C1=O.C#CC1=CC2(C)/C(=C/CS)C(C)(C3CCC(CCC(C)(C)C)(C(C)=O)CC3)CCC2C(C)(C)C1=O. The Morgan fingerprint density at radius 1 is 0.730 bits per heavy atom. The first-order chi connectivity index (χ1) is 33.8. The summed E-state index contributed by atoms with van der Waals surface area (Å²) in [5.41, 5.74) is 2.34. The predicted octanol–water partition coefficient (Wildman–Crippen LogP) is 16.8. The minimum Gasteiger partial charge on any atom is -0.299 e. The lowest BCUT2D eigenvalue weighted by Gasteiger charge is -2.60. The Kier molecular flexibility index (Phi) is 20.8. The zero-order valence-electron chi connectivity index (χ0n) is 48.4. The second-order valence-electron chi connectivity index (χ2n) is 28.2. The fourth-order valence-electron chi connectivity index (χ4n) is 16.1. The van der Waals surface area contributed by atoms with Gasteiger partial charge in [-0.05, 0) is 173 Å². The van der Waals surface area contributed by atoms with Gasteiger partial charge in [-0.15, -0.1) is 17.7 Å². The van der Waals surface area contributed by atoms with Crippen molar-refractivity contribution in [2.75, 3.05) is 18.6 Å². The maximum absolute atomic E-state index is 13.2. The highest BCUT2D eigenvalue weighted by Crippen LogP contribution is 2.68. The van der Waals surface area contributed by atoms with Gasteiger partial charge in [-0.25, -0.2) is 0 Å². The molecule has 0 aromatic heterocycles. The number of hydrogen-bond acceptors (Lipinski definition) is 9. The van der Waals surface area contributed by atoms with Gasteiger partial charge in [0.1, 0.15) is 12.1 Å². The first kappa shape index (κ1) is 64.3. The molecule has 6 atom stereocenters. The van der Waals surface area contributed by atoms with Crippen LogP contribution in [-0.2, 0) is 24.0 Å². The van der Waals surface area contributed by atoms with Crippen molar-refractivity contribution in [1.82, 2.24) is 4.89 Å². The molecule has 74 heavy (non-hydrogen) atoms. The van der Waals surface area contributed by atoms with E-state index in [0.717, 1.165) is 109 Å². The number of nitrogens with one attached hydrogen (secondary N) is 1. The predicted molar refractivity (Wildman–Crippen MR) is 319 cm³/mol. The Labute approximate surface area is 466 Å². The van der Waals surface area contributed by atoms with E-state index in [1.54, 1.807) is 10.8 Å². The smallest absolute Gasteiger partial charge is 0.176 e. The van der Waals surface area contributed by atoms with Crippen molar-refractivity contribution in [3.05, 3.63) is 46.6 Å². The molecule has 4 fully saturated rings. The molecule has 414 valence electrons. The normalized spacial score (nSPS) is 36.9. The second kappa shape index (κ2) is 24.0. The Hall–Kier alpha value is -2.27. The fourth-order valence-corrected chi connectivity index (χ4v) is 16.8. The molecule has 4 saturated carbocycles. The summed E-state index contributed by atoms with van der Waals surface area (Å²) in [6, 6.07) is 0. The van der Waals surface area contributed by atoms with Gasteiger partial charge in [0.2, 0.25) is 0 Å². The van der Waals surface area contributed by atoms with Gasteiger partial charge in [0.25, 0.3) is 0 Å². The first-order valence-electron chi connectivity index (χ1n) is 27.8. The molecule has 0 spiro atoms. The minimum atomic E-state index is -0.553. The lowest BCUT2D eigenvalue weighted by Crippen LogP contribution is -2.54. The number of ketones is 3. The summed E-state index contributed by atoms with van der Waals surface area (Å²) < 4.78 is 0. The van der Waals surface area contributed by atoms with Gasteiger partial charge in [-0.2, -0.15) is 12.6 Å². The number of aldehydes is 1. The number of fused-ring (bicyclic) bond motifs is 2. The van der Waals surface area contributed by atoms with E-state index in [1.807, 2.05) is 39.2 Å². The molecule has 6 aliphatic rings. The van der Waals surface area contributed by atoms with Crippen molar-refractivity contribution in [1.29, 1.82) is 0 Å². The van der Waals surface area contributed by atoms with Crippen LogP contribution in [0.3, 0.4) is 0 Å². The zero-order valence-corrected chi connectivity index (χ0v) is 50.9. The highest BCUT2D eigenvalue weighted by molar-refractivity contribution is 8.75. The van der Waals surface area contributed by atoms with Gasteiger partial charge in [0.05, 0.1) is 17.8 Å². The van der Waals surface area contributed by atoms with Crippen molar-refractivity contribution in [3.8, 4) is 24.7 Å². The van der Waals surface area contributed by atoms with E-state index in [4.69, 9.17) is 17.7 Å². The van der Waals surface area contributed by atoms with Crippen molar-refractivity contribution < 1.29 is 24.0 Å². The molecule has 0 aliphatic heterocycles. The van der Waals surface area contributed by atoms with E-state index in [1.165, 1.54) is 28.5 Å². The molecule has 0 heterocycles. The van der Waals surface area contributed by atoms with Crippen molar-refractivity contribution in [2.45, 2.75) is 214 Å². The van der Waals surface area contributed by atoms with Crippen LogP contribution < -0.4 is 4.89 Å². The monoisotopic (exact) mass is 1070 g/mol. The second-order valence-corrected chi connectivity index (χ2v) is 30.8. The summed E-state index contributed by atoms with van der Waals surface area (Å²) in [6.45, 7) is 33.9. The van der Waals surface area contributed by atoms with E-state index in [0.29, 0.717) is 34.5 Å². The van der Waals surface area contributed by atoms with Crippen LogP contribution in [0, 0.1) is 103 Å². The molecular formula is C65H101NO5S3. The molecule has 0 amide bonds. The number of thiol groups is 1. The van der Waals surface area contributed by atoms with Crippen LogP contribution in [0.5, 0.6) is 0 Å². The number of rotatable bonds is 14. The minimum absolute atomic E-state index is 0. The topological polar surface area (TPSA) is 89.5 Å². The molecule has 9 heteroatoms. The van der Waals surface area contributed by atoms with Crippen LogP contribution in [0.25, 0.3) is 0 Å². The number of terminal acetylenes is 2. The van der Waals surface area contributed by atoms with E-state index in [-0.39, 0.29) is 68.7 Å².